The van der Waals surface area contributed by atoms with Gasteiger partial charge in [0.25, 0.3) is 0 Å². The standard InChI is InChI=1S/C17H32N2O/c1-5-7-9-10-11-13-17(4,12-8-6-2)14-16-18-15(3)19-20-16/h5-14H2,1-4H3. The maximum atomic E-state index is 5.32. The Morgan fingerprint density at radius 3 is 2.20 bits per heavy atom. The third kappa shape index (κ3) is 6.53. The van der Waals surface area contributed by atoms with Crippen LogP contribution in [0.25, 0.3) is 0 Å². The van der Waals surface area contributed by atoms with Gasteiger partial charge in [-0.1, -0.05) is 70.9 Å². The molecule has 3 nitrogen and oxygen atoms in total. The molecule has 1 atom stereocenters. The van der Waals surface area contributed by atoms with Gasteiger partial charge in [0, 0.05) is 6.42 Å². The number of aromatic nitrogens is 2. The summed E-state index contributed by atoms with van der Waals surface area (Å²) in [5.41, 5.74) is 0.321. The molecule has 0 aliphatic carbocycles. The highest BCUT2D eigenvalue weighted by atomic mass is 16.5. The Morgan fingerprint density at radius 2 is 1.60 bits per heavy atom. The fourth-order valence-electron chi connectivity index (χ4n) is 2.84. The molecule has 0 spiro atoms. The average molecular weight is 280 g/mol. The van der Waals surface area contributed by atoms with Gasteiger partial charge in [-0.2, -0.15) is 4.98 Å². The van der Waals surface area contributed by atoms with E-state index in [0.29, 0.717) is 5.41 Å². The predicted molar refractivity (Wildman–Crippen MR) is 83.7 cm³/mol. The van der Waals surface area contributed by atoms with E-state index >= 15 is 0 Å². The number of nitrogens with zero attached hydrogens (tertiary/aromatic N) is 2. The third-order valence-electron chi connectivity index (χ3n) is 4.17. The van der Waals surface area contributed by atoms with Gasteiger partial charge in [0.05, 0.1) is 0 Å². The zero-order valence-electron chi connectivity index (χ0n) is 13.9. The Bertz CT molecular complexity index is 362. The summed E-state index contributed by atoms with van der Waals surface area (Å²) in [6.45, 7) is 8.81. The predicted octanol–water partition coefficient (Wildman–Crippen LogP) is 5.48. The summed E-state index contributed by atoms with van der Waals surface area (Å²) in [7, 11) is 0. The maximum absolute atomic E-state index is 5.32. The zero-order chi connectivity index (χ0) is 14.8. The molecule has 0 aliphatic rings. The molecule has 1 aromatic heterocycles. The number of hydrogen-bond acceptors (Lipinski definition) is 3. The van der Waals surface area contributed by atoms with E-state index in [1.807, 2.05) is 6.92 Å². The highest BCUT2D eigenvalue weighted by Gasteiger charge is 2.26. The number of aryl methyl sites for hydroxylation is 1. The van der Waals surface area contributed by atoms with E-state index in [2.05, 4.69) is 30.9 Å². The molecule has 20 heavy (non-hydrogen) atoms. The quantitative estimate of drug-likeness (QED) is 0.504. The molecular weight excluding hydrogens is 248 g/mol. The highest BCUT2D eigenvalue weighted by Crippen LogP contribution is 2.34. The van der Waals surface area contributed by atoms with Crippen LogP contribution >= 0.6 is 0 Å². The monoisotopic (exact) mass is 280 g/mol. The van der Waals surface area contributed by atoms with Crippen LogP contribution in [0.5, 0.6) is 0 Å². The number of unbranched alkanes of at least 4 members (excludes halogenated alkanes) is 5. The molecule has 0 N–H and O–H groups in total. The van der Waals surface area contributed by atoms with E-state index < -0.39 is 0 Å². The van der Waals surface area contributed by atoms with Crippen LogP contribution in [-0.4, -0.2) is 10.1 Å². The largest absolute Gasteiger partial charge is 0.339 e. The SMILES string of the molecule is CCCCCCCC(C)(CCCC)Cc1nc(C)no1. The van der Waals surface area contributed by atoms with Crippen molar-refractivity contribution in [2.24, 2.45) is 5.41 Å². The minimum atomic E-state index is 0.321. The highest BCUT2D eigenvalue weighted by molar-refractivity contribution is 4.90. The van der Waals surface area contributed by atoms with Gasteiger partial charge in [0.15, 0.2) is 5.82 Å². The van der Waals surface area contributed by atoms with Gasteiger partial charge in [-0.05, 0) is 25.2 Å². The van der Waals surface area contributed by atoms with Crippen LogP contribution in [0.1, 0.15) is 90.3 Å². The third-order valence-corrected chi connectivity index (χ3v) is 4.17. The number of rotatable bonds is 11. The molecule has 116 valence electrons. The molecule has 0 aliphatic heterocycles. The molecule has 0 radical (unpaired) electrons. The Labute approximate surface area is 124 Å². The smallest absolute Gasteiger partial charge is 0.227 e. The fourth-order valence-corrected chi connectivity index (χ4v) is 2.84. The van der Waals surface area contributed by atoms with E-state index in [0.717, 1.165) is 18.1 Å². The fraction of sp³-hybridized carbons (Fsp3) is 0.882. The van der Waals surface area contributed by atoms with Crippen molar-refractivity contribution >= 4 is 0 Å². The van der Waals surface area contributed by atoms with Crippen LogP contribution < -0.4 is 0 Å². The first-order valence-electron chi connectivity index (χ1n) is 8.39. The minimum Gasteiger partial charge on any atom is -0.339 e. The van der Waals surface area contributed by atoms with Crippen LogP contribution in [0.2, 0.25) is 0 Å². The van der Waals surface area contributed by atoms with Crippen LogP contribution in [0.3, 0.4) is 0 Å². The molecule has 0 bridgehead atoms. The summed E-state index contributed by atoms with van der Waals surface area (Å²) in [4.78, 5) is 4.38. The van der Waals surface area contributed by atoms with E-state index in [9.17, 15) is 0 Å². The van der Waals surface area contributed by atoms with E-state index in [4.69, 9.17) is 4.52 Å². The molecule has 1 unspecified atom stereocenters. The number of hydrogen-bond donors (Lipinski definition) is 0. The van der Waals surface area contributed by atoms with Gasteiger partial charge in [-0.15, -0.1) is 0 Å². The van der Waals surface area contributed by atoms with Crippen LogP contribution in [0.15, 0.2) is 4.52 Å². The van der Waals surface area contributed by atoms with E-state index in [1.54, 1.807) is 0 Å². The summed E-state index contributed by atoms with van der Waals surface area (Å²) in [5.74, 6) is 1.57. The van der Waals surface area contributed by atoms with Crippen molar-refractivity contribution < 1.29 is 4.52 Å². The minimum absolute atomic E-state index is 0.321. The molecule has 1 rings (SSSR count). The first kappa shape index (κ1) is 17.2. The lowest BCUT2D eigenvalue weighted by atomic mass is 9.77. The summed E-state index contributed by atoms with van der Waals surface area (Å²) in [5, 5.41) is 3.92. The molecule has 1 heterocycles. The molecule has 0 aromatic carbocycles. The van der Waals surface area contributed by atoms with Crippen LogP contribution in [0, 0.1) is 12.3 Å². The van der Waals surface area contributed by atoms with Gasteiger partial charge in [0.2, 0.25) is 5.89 Å². The molecular formula is C17H32N2O. The van der Waals surface area contributed by atoms with Gasteiger partial charge in [0.1, 0.15) is 0 Å². The lowest BCUT2D eigenvalue weighted by Gasteiger charge is -2.28. The lowest BCUT2D eigenvalue weighted by Crippen LogP contribution is -2.20. The first-order chi connectivity index (χ1) is 9.59. The average Bonchev–Trinajstić information content (AvgIpc) is 2.81. The van der Waals surface area contributed by atoms with Crippen molar-refractivity contribution in [1.82, 2.24) is 10.1 Å². The van der Waals surface area contributed by atoms with Crippen molar-refractivity contribution in [3.8, 4) is 0 Å². The van der Waals surface area contributed by atoms with Crippen molar-refractivity contribution in [3.05, 3.63) is 11.7 Å². The van der Waals surface area contributed by atoms with E-state index in [-0.39, 0.29) is 0 Å². The van der Waals surface area contributed by atoms with E-state index in [1.165, 1.54) is 57.8 Å². The summed E-state index contributed by atoms with van der Waals surface area (Å²) >= 11 is 0. The lowest BCUT2D eigenvalue weighted by molar-refractivity contribution is 0.221. The van der Waals surface area contributed by atoms with Crippen LogP contribution in [-0.2, 0) is 6.42 Å². The second kappa shape index (κ2) is 9.15. The van der Waals surface area contributed by atoms with Crippen molar-refractivity contribution in [2.75, 3.05) is 0 Å². The van der Waals surface area contributed by atoms with Crippen molar-refractivity contribution in [3.63, 3.8) is 0 Å². The Hall–Kier alpha value is -0.860. The normalized spacial score (nSPS) is 14.4. The second-order valence-corrected chi connectivity index (χ2v) is 6.49. The topological polar surface area (TPSA) is 38.9 Å². The van der Waals surface area contributed by atoms with Gasteiger partial charge >= 0.3 is 0 Å². The van der Waals surface area contributed by atoms with Gasteiger partial charge < -0.3 is 4.52 Å². The Morgan fingerprint density at radius 1 is 0.950 bits per heavy atom. The molecule has 0 saturated carbocycles. The van der Waals surface area contributed by atoms with Crippen molar-refractivity contribution in [2.45, 2.75) is 91.9 Å². The second-order valence-electron chi connectivity index (χ2n) is 6.49. The molecule has 3 heteroatoms. The summed E-state index contributed by atoms with van der Waals surface area (Å²) < 4.78 is 5.32. The molecule has 0 amide bonds. The van der Waals surface area contributed by atoms with Gasteiger partial charge in [-0.25, -0.2) is 0 Å². The molecule has 1 aromatic rings. The van der Waals surface area contributed by atoms with Crippen LogP contribution in [0.4, 0.5) is 0 Å². The van der Waals surface area contributed by atoms with Crippen molar-refractivity contribution in [1.29, 1.82) is 0 Å². The Balaban J connectivity index is 2.47. The molecule has 0 saturated heterocycles. The Kier molecular flexibility index (Phi) is 7.86. The van der Waals surface area contributed by atoms with Gasteiger partial charge in [-0.3, -0.25) is 0 Å². The zero-order valence-corrected chi connectivity index (χ0v) is 13.9. The molecule has 0 fully saturated rings. The first-order valence-corrected chi connectivity index (χ1v) is 8.39. The summed E-state index contributed by atoms with van der Waals surface area (Å²) in [6.07, 6.45) is 12.8. The maximum Gasteiger partial charge on any atom is 0.227 e. The summed E-state index contributed by atoms with van der Waals surface area (Å²) in [6, 6.07) is 0.